The third-order valence-electron chi connectivity index (χ3n) is 3.82. The maximum atomic E-state index is 11.0. The summed E-state index contributed by atoms with van der Waals surface area (Å²) in [7, 11) is -0.493. The zero-order valence-electron chi connectivity index (χ0n) is 10.9. The van der Waals surface area contributed by atoms with Crippen molar-refractivity contribution in [1.29, 1.82) is 0 Å². The molecule has 1 fully saturated rings. The summed E-state index contributed by atoms with van der Waals surface area (Å²) in [5.74, 6) is -0.389. The fourth-order valence-electron chi connectivity index (χ4n) is 2.89. The SMILES string of the molecule is CB(O)NCC1(Cc2coc(=O)[nH]2)CCCCC1. The first-order valence-corrected chi connectivity index (χ1v) is 6.68. The van der Waals surface area contributed by atoms with E-state index in [0.717, 1.165) is 31.5 Å². The number of aromatic nitrogens is 1. The van der Waals surface area contributed by atoms with Crippen LogP contribution < -0.4 is 11.0 Å². The molecule has 1 heterocycles. The molecule has 1 aromatic rings. The van der Waals surface area contributed by atoms with Crippen LogP contribution in [0.3, 0.4) is 0 Å². The monoisotopic (exact) mass is 252 g/mol. The number of aromatic amines is 1. The Morgan fingerprint density at radius 1 is 1.50 bits per heavy atom. The van der Waals surface area contributed by atoms with Crippen molar-refractivity contribution in [3.8, 4) is 0 Å². The smallest absolute Gasteiger partial charge is 0.416 e. The molecular formula is C12H21BN2O3. The third-order valence-corrected chi connectivity index (χ3v) is 3.82. The summed E-state index contributed by atoms with van der Waals surface area (Å²) in [6.07, 6.45) is 8.27. The molecule has 6 heteroatoms. The van der Waals surface area contributed by atoms with Crippen molar-refractivity contribution < 1.29 is 9.44 Å². The van der Waals surface area contributed by atoms with Gasteiger partial charge in [0.25, 0.3) is 0 Å². The van der Waals surface area contributed by atoms with Crippen LogP contribution in [0, 0.1) is 5.41 Å². The van der Waals surface area contributed by atoms with Crippen LogP contribution in [0.5, 0.6) is 0 Å². The van der Waals surface area contributed by atoms with Crippen LogP contribution in [0.25, 0.3) is 0 Å². The zero-order chi connectivity index (χ0) is 13.0. The van der Waals surface area contributed by atoms with Gasteiger partial charge >= 0.3 is 12.8 Å². The van der Waals surface area contributed by atoms with Gasteiger partial charge in [-0.2, -0.15) is 0 Å². The highest BCUT2D eigenvalue weighted by Gasteiger charge is 2.33. The fraction of sp³-hybridized carbons (Fsp3) is 0.750. The van der Waals surface area contributed by atoms with E-state index in [1.54, 1.807) is 6.82 Å². The van der Waals surface area contributed by atoms with Crippen LogP contribution in [-0.2, 0) is 6.42 Å². The second-order valence-corrected chi connectivity index (χ2v) is 5.47. The lowest BCUT2D eigenvalue weighted by Crippen LogP contribution is -2.43. The van der Waals surface area contributed by atoms with Gasteiger partial charge in [0.1, 0.15) is 6.26 Å². The molecule has 0 saturated heterocycles. The van der Waals surface area contributed by atoms with Gasteiger partial charge < -0.3 is 14.7 Å². The molecule has 0 unspecified atom stereocenters. The minimum absolute atomic E-state index is 0.127. The summed E-state index contributed by atoms with van der Waals surface area (Å²) in [5, 5.41) is 12.5. The van der Waals surface area contributed by atoms with Gasteiger partial charge in [-0.1, -0.05) is 19.3 Å². The maximum absolute atomic E-state index is 11.0. The molecule has 2 rings (SSSR count). The topological polar surface area (TPSA) is 78.3 Å². The minimum atomic E-state index is -0.493. The number of nitrogens with one attached hydrogen (secondary N) is 2. The normalized spacial score (nSPS) is 18.8. The van der Waals surface area contributed by atoms with E-state index in [9.17, 15) is 9.82 Å². The van der Waals surface area contributed by atoms with Crippen molar-refractivity contribution in [2.24, 2.45) is 5.41 Å². The molecule has 1 aliphatic carbocycles. The van der Waals surface area contributed by atoms with Crippen LogP contribution in [-0.4, -0.2) is 23.6 Å². The summed E-state index contributed by atoms with van der Waals surface area (Å²) in [6, 6.07) is 0. The molecule has 0 amide bonds. The highest BCUT2D eigenvalue weighted by atomic mass is 16.4. The molecule has 5 nitrogen and oxygen atoms in total. The quantitative estimate of drug-likeness (QED) is 0.687. The number of oxazole rings is 1. The van der Waals surface area contributed by atoms with E-state index in [1.165, 1.54) is 25.5 Å². The largest absolute Gasteiger partial charge is 0.437 e. The zero-order valence-corrected chi connectivity index (χ0v) is 10.9. The Labute approximate surface area is 107 Å². The Kier molecular flexibility index (Phi) is 4.29. The summed E-state index contributed by atoms with van der Waals surface area (Å²) < 4.78 is 4.80. The molecule has 18 heavy (non-hydrogen) atoms. The van der Waals surface area contributed by atoms with E-state index in [4.69, 9.17) is 4.42 Å². The van der Waals surface area contributed by atoms with Crippen LogP contribution >= 0.6 is 0 Å². The first-order chi connectivity index (χ1) is 8.60. The van der Waals surface area contributed by atoms with Gasteiger partial charge in [0.2, 0.25) is 0 Å². The minimum Gasteiger partial charge on any atom is -0.437 e. The van der Waals surface area contributed by atoms with Crippen molar-refractivity contribution >= 4 is 7.05 Å². The Morgan fingerprint density at radius 3 is 2.78 bits per heavy atom. The van der Waals surface area contributed by atoms with Crippen molar-refractivity contribution in [1.82, 2.24) is 10.2 Å². The highest BCUT2D eigenvalue weighted by Crippen LogP contribution is 2.38. The van der Waals surface area contributed by atoms with E-state index >= 15 is 0 Å². The van der Waals surface area contributed by atoms with Gasteiger partial charge in [-0.15, -0.1) is 0 Å². The van der Waals surface area contributed by atoms with E-state index in [2.05, 4.69) is 10.2 Å². The first kappa shape index (κ1) is 13.4. The molecule has 0 aromatic carbocycles. The average Bonchev–Trinajstić information content (AvgIpc) is 2.73. The van der Waals surface area contributed by atoms with E-state index in [0.29, 0.717) is 0 Å². The highest BCUT2D eigenvalue weighted by molar-refractivity contribution is 6.45. The maximum Gasteiger partial charge on any atom is 0.416 e. The van der Waals surface area contributed by atoms with Gasteiger partial charge in [-0.3, -0.25) is 4.98 Å². The summed E-state index contributed by atoms with van der Waals surface area (Å²) >= 11 is 0. The number of hydrogen-bond donors (Lipinski definition) is 3. The third kappa shape index (κ3) is 3.49. The lowest BCUT2D eigenvalue weighted by molar-refractivity contribution is 0.187. The molecule has 0 radical (unpaired) electrons. The number of rotatable bonds is 5. The second kappa shape index (κ2) is 5.76. The van der Waals surface area contributed by atoms with Gasteiger partial charge in [-0.25, -0.2) is 4.79 Å². The Balaban J connectivity index is 2.06. The van der Waals surface area contributed by atoms with Gasteiger partial charge in [-0.05, 0) is 38.0 Å². The molecule has 3 N–H and O–H groups in total. The molecule has 1 aromatic heterocycles. The molecule has 1 aliphatic rings. The Morgan fingerprint density at radius 2 is 2.22 bits per heavy atom. The van der Waals surface area contributed by atoms with Crippen molar-refractivity contribution in [2.45, 2.75) is 45.3 Å². The molecular weight excluding hydrogens is 231 g/mol. The molecule has 0 aliphatic heterocycles. The Bertz CT molecular complexity index is 421. The molecule has 0 bridgehead atoms. The number of H-pyrrole nitrogens is 1. The van der Waals surface area contributed by atoms with Gasteiger partial charge in [0, 0.05) is 0 Å². The average molecular weight is 252 g/mol. The van der Waals surface area contributed by atoms with Crippen LogP contribution in [0.2, 0.25) is 6.82 Å². The van der Waals surface area contributed by atoms with Crippen molar-refractivity contribution in [2.75, 3.05) is 6.54 Å². The summed E-state index contributed by atoms with van der Waals surface area (Å²) in [5.41, 5.74) is 0.983. The van der Waals surface area contributed by atoms with Gasteiger partial charge in [0.15, 0.2) is 0 Å². The molecule has 0 atom stereocenters. The van der Waals surface area contributed by atoms with Crippen LogP contribution in [0.4, 0.5) is 0 Å². The second-order valence-electron chi connectivity index (χ2n) is 5.47. The summed E-state index contributed by atoms with van der Waals surface area (Å²) in [6.45, 7) is 2.51. The standard InChI is InChI=1S/C12H21BN2O3/c1-13(17)14-9-12(5-3-2-4-6-12)7-10-8-18-11(16)15-10/h8,14,17H,2-7,9H2,1H3,(H,15,16). The Hall–Kier alpha value is -1.01. The molecule has 100 valence electrons. The summed E-state index contributed by atoms with van der Waals surface area (Å²) in [4.78, 5) is 13.7. The van der Waals surface area contributed by atoms with E-state index < -0.39 is 7.05 Å². The van der Waals surface area contributed by atoms with E-state index in [-0.39, 0.29) is 11.2 Å². The predicted octanol–water partition coefficient (Wildman–Crippen LogP) is 1.16. The van der Waals surface area contributed by atoms with Crippen molar-refractivity contribution in [3.63, 3.8) is 0 Å². The number of hydrogen-bond acceptors (Lipinski definition) is 4. The van der Waals surface area contributed by atoms with Crippen molar-refractivity contribution in [3.05, 3.63) is 22.5 Å². The molecule has 1 saturated carbocycles. The lowest BCUT2D eigenvalue weighted by atomic mass is 9.70. The van der Waals surface area contributed by atoms with E-state index in [1.807, 2.05) is 0 Å². The fourth-order valence-corrected chi connectivity index (χ4v) is 2.89. The predicted molar refractivity (Wildman–Crippen MR) is 70.4 cm³/mol. The molecule has 0 spiro atoms. The van der Waals surface area contributed by atoms with Gasteiger partial charge in [0.05, 0.1) is 5.69 Å². The van der Waals surface area contributed by atoms with Crippen LogP contribution in [0.15, 0.2) is 15.5 Å². The van der Waals surface area contributed by atoms with Crippen LogP contribution in [0.1, 0.15) is 37.8 Å². The lowest BCUT2D eigenvalue weighted by Gasteiger charge is -2.37. The first-order valence-electron chi connectivity index (χ1n) is 6.68.